The van der Waals surface area contributed by atoms with Gasteiger partial charge in [-0.2, -0.15) is 0 Å². The molecule has 0 unspecified atom stereocenters. The predicted molar refractivity (Wildman–Crippen MR) is 104 cm³/mol. The summed E-state index contributed by atoms with van der Waals surface area (Å²) in [6.07, 6.45) is 1.40. The first kappa shape index (κ1) is 18.5. The summed E-state index contributed by atoms with van der Waals surface area (Å²) in [4.78, 5) is 12.9. The Kier molecular flexibility index (Phi) is 4.65. The Morgan fingerprint density at radius 3 is 2.55 bits per heavy atom. The van der Waals surface area contributed by atoms with Gasteiger partial charge in [0, 0.05) is 12.0 Å². The normalized spacial score (nSPS) is 10.7. The van der Waals surface area contributed by atoms with Gasteiger partial charge in [0.1, 0.15) is 5.75 Å². The fourth-order valence-corrected chi connectivity index (χ4v) is 3.06. The molecule has 0 fully saturated rings. The van der Waals surface area contributed by atoms with E-state index in [2.05, 4.69) is 11.8 Å². The minimum absolute atomic E-state index is 0.0537. The van der Waals surface area contributed by atoms with Gasteiger partial charge in [-0.3, -0.25) is 4.79 Å². The number of benzene rings is 2. The van der Waals surface area contributed by atoms with Crippen LogP contribution in [0, 0.1) is 30.4 Å². The molecule has 0 aliphatic heterocycles. The summed E-state index contributed by atoms with van der Waals surface area (Å²) in [5.41, 5.74) is 1.25. The van der Waals surface area contributed by atoms with Crippen LogP contribution in [0.4, 0.5) is 8.78 Å². The van der Waals surface area contributed by atoms with E-state index in [4.69, 9.17) is 4.42 Å². The number of hydrogen-bond donors (Lipinski definition) is 1. The largest absolute Gasteiger partial charge is 0.507 e. The van der Waals surface area contributed by atoms with E-state index in [0.717, 1.165) is 17.7 Å². The quantitative estimate of drug-likeness (QED) is 0.522. The topological polar surface area (TPSA) is 54.8 Å². The van der Waals surface area contributed by atoms with E-state index in [-0.39, 0.29) is 29.2 Å². The highest BCUT2D eigenvalue weighted by atomic mass is 19.2. The minimum Gasteiger partial charge on any atom is -0.507 e. The number of aryl methyl sites for hydroxylation is 1. The van der Waals surface area contributed by atoms with Crippen LogP contribution in [0.2, 0.25) is 0 Å². The van der Waals surface area contributed by atoms with Crippen molar-refractivity contribution < 1.29 is 18.3 Å². The zero-order valence-electron chi connectivity index (χ0n) is 15.4. The van der Waals surface area contributed by atoms with Crippen molar-refractivity contribution in [2.24, 2.45) is 0 Å². The number of rotatable bonds is 2. The van der Waals surface area contributed by atoms with Gasteiger partial charge in [-0.15, -0.1) is 0 Å². The number of halogens is 2. The van der Waals surface area contributed by atoms with Crippen LogP contribution in [-0.4, -0.2) is 9.51 Å². The van der Waals surface area contributed by atoms with Gasteiger partial charge in [0.15, 0.2) is 17.4 Å². The molecule has 4 rings (SSSR count). The Hall–Kier alpha value is -3.85. The average Bonchev–Trinajstić information content (AvgIpc) is 3.16. The van der Waals surface area contributed by atoms with E-state index in [1.54, 1.807) is 6.92 Å². The average molecular weight is 391 g/mol. The molecule has 0 spiro atoms. The summed E-state index contributed by atoms with van der Waals surface area (Å²) in [7, 11) is 0. The summed E-state index contributed by atoms with van der Waals surface area (Å²) >= 11 is 0. The van der Waals surface area contributed by atoms with Crippen molar-refractivity contribution in [3.05, 3.63) is 105 Å². The van der Waals surface area contributed by atoms with E-state index in [1.807, 2.05) is 30.3 Å². The molecule has 0 bridgehead atoms. The standard InChI is InChI=1S/C23H15F2NO3/c1-14-21(27)18(11-16-8-10-19(24)20(25)12-16)22(28)26-13-17(29-23(14)26)9-7-15-5-3-2-4-6-15/h2-6,8,10,12-13,27H,11H2,1H3. The lowest BCUT2D eigenvalue weighted by Crippen LogP contribution is -2.18. The smallest absolute Gasteiger partial charge is 0.264 e. The van der Waals surface area contributed by atoms with Crippen molar-refractivity contribution in [2.75, 3.05) is 0 Å². The third-order valence-corrected chi connectivity index (χ3v) is 4.58. The second kappa shape index (κ2) is 7.28. The Labute approximate surface area is 164 Å². The molecule has 2 aromatic heterocycles. The molecule has 144 valence electrons. The lowest BCUT2D eigenvalue weighted by atomic mass is 10.0. The van der Waals surface area contributed by atoms with Gasteiger partial charge in [-0.25, -0.2) is 13.2 Å². The van der Waals surface area contributed by atoms with E-state index in [9.17, 15) is 18.7 Å². The molecular weight excluding hydrogens is 376 g/mol. The third-order valence-electron chi connectivity index (χ3n) is 4.58. The number of oxazole rings is 1. The van der Waals surface area contributed by atoms with Gasteiger partial charge in [-0.05, 0) is 42.7 Å². The van der Waals surface area contributed by atoms with Crippen LogP contribution in [-0.2, 0) is 6.42 Å². The summed E-state index contributed by atoms with van der Waals surface area (Å²) in [5.74, 6) is 3.84. The highest BCUT2D eigenvalue weighted by Gasteiger charge is 2.19. The zero-order valence-corrected chi connectivity index (χ0v) is 15.4. The van der Waals surface area contributed by atoms with E-state index < -0.39 is 17.2 Å². The van der Waals surface area contributed by atoms with Crippen molar-refractivity contribution >= 4 is 5.71 Å². The third kappa shape index (κ3) is 3.50. The predicted octanol–water partition coefficient (Wildman–Crippen LogP) is 4.18. The van der Waals surface area contributed by atoms with Crippen LogP contribution < -0.4 is 5.56 Å². The first-order valence-corrected chi connectivity index (χ1v) is 8.81. The zero-order chi connectivity index (χ0) is 20.5. The van der Waals surface area contributed by atoms with Crippen LogP contribution in [0.3, 0.4) is 0 Å². The van der Waals surface area contributed by atoms with Crippen LogP contribution in [0.1, 0.15) is 28.0 Å². The molecule has 0 saturated heterocycles. The van der Waals surface area contributed by atoms with Gasteiger partial charge in [0.25, 0.3) is 5.56 Å². The Balaban J connectivity index is 1.78. The maximum Gasteiger partial charge on any atom is 0.264 e. The summed E-state index contributed by atoms with van der Waals surface area (Å²) < 4.78 is 33.5. The molecule has 0 radical (unpaired) electrons. The van der Waals surface area contributed by atoms with Crippen molar-refractivity contribution in [1.82, 2.24) is 4.40 Å². The fourth-order valence-electron chi connectivity index (χ4n) is 3.06. The first-order valence-electron chi connectivity index (χ1n) is 8.81. The molecule has 2 heterocycles. The molecule has 0 aliphatic rings. The van der Waals surface area contributed by atoms with Crippen LogP contribution >= 0.6 is 0 Å². The molecule has 0 amide bonds. The summed E-state index contributed by atoms with van der Waals surface area (Å²) in [6, 6.07) is 12.7. The van der Waals surface area contributed by atoms with Crippen molar-refractivity contribution in [2.45, 2.75) is 13.3 Å². The summed E-state index contributed by atoms with van der Waals surface area (Å²) in [6.45, 7) is 1.61. The maximum absolute atomic E-state index is 13.5. The molecule has 0 aliphatic carbocycles. The molecule has 2 aromatic carbocycles. The molecule has 4 nitrogen and oxygen atoms in total. The number of nitrogens with zero attached hydrogens (tertiary/aromatic N) is 1. The molecule has 4 aromatic rings. The van der Waals surface area contributed by atoms with Crippen molar-refractivity contribution in [3.63, 3.8) is 0 Å². The minimum atomic E-state index is -1.01. The van der Waals surface area contributed by atoms with Gasteiger partial charge in [-0.1, -0.05) is 30.2 Å². The monoisotopic (exact) mass is 391 g/mol. The lowest BCUT2D eigenvalue weighted by molar-refractivity contribution is 0.460. The fraction of sp³-hybridized carbons (Fsp3) is 0.0870. The van der Waals surface area contributed by atoms with Gasteiger partial charge < -0.3 is 9.52 Å². The van der Waals surface area contributed by atoms with Crippen molar-refractivity contribution in [1.29, 1.82) is 0 Å². The number of aromatic nitrogens is 1. The Morgan fingerprint density at radius 1 is 1.07 bits per heavy atom. The van der Waals surface area contributed by atoms with E-state index in [0.29, 0.717) is 11.1 Å². The van der Waals surface area contributed by atoms with Crippen LogP contribution in [0.25, 0.3) is 5.71 Å². The molecule has 1 N–H and O–H groups in total. The first-order chi connectivity index (χ1) is 13.9. The van der Waals surface area contributed by atoms with Crippen molar-refractivity contribution in [3.8, 4) is 17.6 Å². The molecule has 0 saturated carbocycles. The Morgan fingerprint density at radius 2 is 1.83 bits per heavy atom. The number of aromatic hydroxyl groups is 1. The molecule has 6 heteroatoms. The van der Waals surface area contributed by atoms with Crippen LogP contribution in [0.5, 0.6) is 5.75 Å². The lowest BCUT2D eigenvalue weighted by Gasteiger charge is -2.08. The molecule has 0 atom stereocenters. The summed E-state index contributed by atoms with van der Waals surface area (Å²) in [5, 5.41) is 10.5. The molecular formula is C23H15F2NO3. The molecule has 29 heavy (non-hydrogen) atoms. The number of pyridine rings is 1. The second-order valence-corrected chi connectivity index (χ2v) is 6.57. The van der Waals surface area contributed by atoms with E-state index in [1.165, 1.54) is 16.7 Å². The van der Waals surface area contributed by atoms with Gasteiger partial charge in [0.2, 0.25) is 5.71 Å². The highest BCUT2D eigenvalue weighted by Crippen LogP contribution is 2.26. The number of hydrogen-bond acceptors (Lipinski definition) is 3. The highest BCUT2D eigenvalue weighted by molar-refractivity contribution is 5.57. The Bertz CT molecular complexity index is 1340. The SMILES string of the molecule is Cc1c(O)c(Cc2ccc(F)c(F)c2)c(=O)n2cc(C#Cc3ccccc3)oc12. The van der Waals surface area contributed by atoms with E-state index >= 15 is 0 Å². The van der Waals surface area contributed by atoms with Gasteiger partial charge in [0.05, 0.1) is 17.3 Å². The van der Waals surface area contributed by atoms with Crippen LogP contribution in [0.15, 0.2) is 63.9 Å². The second-order valence-electron chi connectivity index (χ2n) is 6.57. The van der Waals surface area contributed by atoms with Gasteiger partial charge >= 0.3 is 0 Å². The number of fused-ring (bicyclic) bond motifs is 1. The maximum atomic E-state index is 13.5.